The monoisotopic (exact) mass is 335 g/mol. The highest BCUT2D eigenvalue weighted by Crippen LogP contribution is 2.28. The molecule has 0 aliphatic heterocycles. The highest BCUT2D eigenvalue weighted by atomic mass is 35.5. The van der Waals surface area contributed by atoms with Crippen LogP contribution in [0.25, 0.3) is 0 Å². The van der Waals surface area contributed by atoms with E-state index in [2.05, 4.69) is 5.32 Å². The maximum Gasteiger partial charge on any atom is 0.331 e. The average molecular weight is 336 g/mol. The Balaban J connectivity index is 2.95. The molecule has 1 N–H and O–H groups in total. The number of benzene rings is 1. The van der Waals surface area contributed by atoms with Crippen molar-refractivity contribution in [2.45, 2.75) is 18.6 Å². The van der Waals surface area contributed by atoms with Crippen LogP contribution in [0.1, 0.15) is 13.8 Å². The Labute approximate surface area is 132 Å². The Morgan fingerprint density at radius 1 is 1.30 bits per heavy atom. The van der Waals surface area contributed by atoms with E-state index in [4.69, 9.17) is 27.9 Å². The zero-order chi connectivity index (χ0) is 15.3. The molecule has 0 fully saturated rings. The van der Waals surface area contributed by atoms with E-state index in [1.165, 1.54) is 6.92 Å². The minimum atomic E-state index is -1.33. The molecule has 1 amide bonds. The van der Waals surface area contributed by atoms with Crippen molar-refractivity contribution < 1.29 is 14.3 Å². The van der Waals surface area contributed by atoms with Gasteiger partial charge in [0.15, 0.2) is 4.75 Å². The molecule has 7 heteroatoms. The van der Waals surface area contributed by atoms with Gasteiger partial charge in [-0.3, -0.25) is 4.79 Å². The lowest BCUT2D eigenvalue weighted by atomic mass is 10.1. The molecule has 0 aliphatic rings. The topological polar surface area (TPSA) is 55.4 Å². The number of anilines is 1. The van der Waals surface area contributed by atoms with Gasteiger partial charge in [0.2, 0.25) is 0 Å². The largest absolute Gasteiger partial charge is 0.465 e. The van der Waals surface area contributed by atoms with E-state index in [1.807, 2.05) is 0 Å². The van der Waals surface area contributed by atoms with Gasteiger partial charge in [0.1, 0.15) is 0 Å². The second kappa shape index (κ2) is 7.20. The number of esters is 1. The Kier molecular flexibility index (Phi) is 6.17. The van der Waals surface area contributed by atoms with E-state index in [0.29, 0.717) is 15.7 Å². The lowest BCUT2D eigenvalue weighted by Crippen LogP contribution is -2.45. The number of rotatable bonds is 5. The van der Waals surface area contributed by atoms with Crippen LogP contribution in [-0.4, -0.2) is 29.5 Å². The summed E-state index contributed by atoms with van der Waals surface area (Å²) in [4.78, 5) is 24.2. The van der Waals surface area contributed by atoms with Gasteiger partial charge in [0.05, 0.1) is 6.61 Å². The van der Waals surface area contributed by atoms with Crippen LogP contribution in [0.15, 0.2) is 18.2 Å². The zero-order valence-electron chi connectivity index (χ0n) is 11.3. The van der Waals surface area contributed by atoms with E-state index < -0.39 is 16.6 Å². The summed E-state index contributed by atoms with van der Waals surface area (Å²) in [6.45, 7) is 3.41. The van der Waals surface area contributed by atoms with Crippen molar-refractivity contribution >= 4 is 52.5 Å². The van der Waals surface area contributed by atoms with Crippen LogP contribution in [0.4, 0.5) is 5.69 Å². The fourth-order valence-corrected chi connectivity index (χ4v) is 2.40. The summed E-state index contributed by atoms with van der Waals surface area (Å²) in [5.74, 6) is -1.07. The molecular weight excluding hydrogens is 321 g/mol. The van der Waals surface area contributed by atoms with Crippen LogP contribution in [0.3, 0.4) is 0 Å². The summed E-state index contributed by atoms with van der Waals surface area (Å²) < 4.78 is 3.60. The highest BCUT2D eigenvalue weighted by Gasteiger charge is 2.42. The normalized spacial score (nSPS) is 13.4. The quantitative estimate of drug-likeness (QED) is 0.659. The Morgan fingerprint density at radius 3 is 2.30 bits per heavy atom. The molecule has 1 aromatic carbocycles. The summed E-state index contributed by atoms with van der Waals surface area (Å²) in [5.41, 5.74) is 0.428. The number of ether oxygens (including phenoxy) is 1. The third-order valence-corrected chi connectivity index (χ3v) is 4.23. The fourth-order valence-electron chi connectivity index (χ4n) is 1.41. The van der Waals surface area contributed by atoms with Crippen molar-refractivity contribution in [2.24, 2.45) is 0 Å². The molecule has 0 aromatic heterocycles. The average Bonchev–Trinajstić information content (AvgIpc) is 2.36. The number of carbonyl (C=O) groups excluding carboxylic acids is 2. The van der Waals surface area contributed by atoms with Crippen LogP contribution in [0.5, 0.6) is 0 Å². The number of halogens is 2. The molecule has 0 spiro atoms. The van der Waals surface area contributed by atoms with E-state index in [0.717, 1.165) is 11.8 Å². The van der Waals surface area contributed by atoms with E-state index >= 15 is 0 Å². The highest BCUT2D eigenvalue weighted by molar-refractivity contribution is 8.01. The van der Waals surface area contributed by atoms with Gasteiger partial charge in [0, 0.05) is 15.7 Å². The molecule has 1 unspecified atom stereocenters. The van der Waals surface area contributed by atoms with E-state index in [9.17, 15) is 9.59 Å². The minimum absolute atomic E-state index is 0.214. The number of amides is 1. The predicted molar refractivity (Wildman–Crippen MR) is 83.6 cm³/mol. The Bertz CT molecular complexity index is 504. The summed E-state index contributed by atoms with van der Waals surface area (Å²) in [6, 6.07) is 4.66. The number of hydrogen-bond acceptors (Lipinski definition) is 4. The molecule has 0 bridgehead atoms. The van der Waals surface area contributed by atoms with Crippen molar-refractivity contribution in [1.82, 2.24) is 0 Å². The van der Waals surface area contributed by atoms with Crippen molar-refractivity contribution in [1.29, 1.82) is 0 Å². The third kappa shape index (κ3) is 4.04. The van der Waals surface area contributed by atoms with Crippen LogP contribution in [-0.2, 0) is 14.3 Å². The predicted octanol–water partition coefficient (Wildman–Crippen LogP) is 3.62. The molecule has 0 radical (unpaired) electrons. The van der Waals surface area contributed by atoms with Crippen LogP contribution in [0, 0.1) is 0 Å². The summed E-state index contributed by atoms with van der Waals surface area (Å²) in [7, 11) is 0. The van der Waals surface area contributed by atoms with E-state index in [1.54, 1.807) is 31.4 Å². The van der Waals surface area contributed by atoms with Gasteiger partial charge in [0.25, 0.3) is 5.91 Å². The molecule has 110 valence electrons. The van der Waals surface area contributed by atoms with E-state index in [-0.39, 0.29) is 6.61 Å². The van der Waals surface area contributed by atoms with Crippen LogP contribution >= 0.6 is 35.0 Å². The maximum absolute atomic E-state index is 12.3. The van der Waals surface area contributed by atoms with Crippen molar-refractivity contribution in [3.8, 4) is 0 Å². The number of nitrogens with one attached hydrogen (secondary N) is 1. The number of carbonyl (C=O) groups is 2. The second-order valence-corrected chi connectivity index (χ2v) is 6.17. The van der Waals surface area contributed by atoms with Crippen molar-refractivity contribution in [3.05, 3.63) is 28.2 Å². The van der Waals surface area contributed by atoms with Gasteiger partial charge in [-0.05, 0) is 38.3 Å². The van der Waals surface area contributed by atoms with Crippen molar-refractivity contribution in [3.63, 3.8) is 0 Å². The first-order valence-corrected chi connectivity index (χ1v) is 7.81. The first kappa shape index (κ1) is 17.1. The van der Waals surface area contributed by atoms with Gasteiger partial charge in [-0.2, -0.15) is 0 Å². The molecule has 0 saturated heterocycles. The zero-order valence-corrected chi connectivity index (χ0v) is 13.7. The standard InChI is InChI=1S/C13H15Cl2NO3S/c1-4-19-12(18)13(2,20-3)11(17)16-10-6-8(14)5-9(15)7-10/h5-7H,4H2,1-3H3,(H,16,17). The first-order chi connectivity index (χ1) is 9.33. The third-order valence-electron chi connectivity index (χ3n) is 2.63. The second-order valence-electron chi connectivity index (χ2n) is 4.07. The molecule has 4 nitrogen and oxygen atoms in total. The smallest absolute Gasteiger partial charge is 0.331 e. The SMILES string of the molecule is CCOC(=O)C(C)(SC)C(=O)Nc1cc(Cl)cc(Cl)c1. The lowest BCUT2D eigenvalue weighted by molar-refractivity contribution is -0.148. The summed E-state index contributed by atoms with van der Waals surface area (Å²) in [6.07, 6.45) is 1.67. The van der Waals surface area contributed by atoms with Gasteiger partial charge in [-0.15, -0.1) is 11.8 Å². The van der Waals surface area contributed by atoms with Crippen LogP contribution < -0.4 is 5.32 Å². The Hall–Kier alpha value is -0.910. The summed E-state index contributed by atoms with van der Waals surface area (Å²) >= 11 is 12.8. The molecule has 0 heterocycles. The molecule has 1 aromatic rings. The minimum Gasteiger partial charge on any atom is -0.465 e. The Morgan fingerprint density at radius 2 is 1.85 bits per heavy atom. The molecule has 1 rings (SSSR count). The summed E-state index contributed by atoms with van der Waals surface area (Å²) in [5, 5.41) is 3.42. The van der Waals surface area contributed by atoms with Gasteiger partial charge in [-0.1, -0.05) is 23.2 Å². The molecule has 20 heavy (non-hydrogen) atoms. The van der Waals surface area contributed by atoms with Crippen molar-refractivity contribution in [2.75, 3.05) is 18.2 Å². The van der Waals surface area contributed by atoms with Gasteiger partial charge in [-0.25, -0.2) is 4.79 Å². The fraction of sp³-hybridized carbons (Fsp3) is 0.385. The number of thioether (sulfide) groups is 1. The molecular formula is C13H15Cl2NO3S. The lowest BCUT2D eigenvalue weighted by Gasteiger charge is -2.24. The maximum atomic E-state index is 12.3. The molecule has 1 atom stereocenters. The molecule has 0 saturated carbocycles. The molecule has 0 aliphatic carbocycles. The van der Waals surface area contributed by atoms with Gasteiger partial charge >= 0.3 is 5.97 Å². The first-order valence-electron chi connectivity index (χ1n) is 5.83. The number of hydrogen-bond donors (Lipinski definition) is 1. The van der Waals surface area contributed by atoms with Crippen LogP contribution in [0.2, 0.25) is 10.0 Å². The van der Waals surface area contributed by atoms with Gasteiger partial charge < -0.3 is 10.1 Å².